The number of aromatic nitrogens is 5. The Hall–Kier alpha value is -1.69. The van der Waals surface area contributed by atoms with Gasteiger partial charge in [-0.25, -0.2) is 0 Å². The summed E-state index contributed by atoms with van der Waals surface area (Å²) in [5.74, 6) is 0. The first-order valence-electron chi connectivity index (χ1n) is 6.37. The molecule has 2 rings (SSSR count). The number of hydrogen-bond donors (Lipinski definition) is 2. The maximum atomic E-state index is 4.18. The lowest BCUT2D eigenvalue weighted by Crippen LogP contribution is -2.23. The molecule has 2 aromatic rings. The van der Waals surface area contributed by atoms with Crippen LogP contribution in [0, 0.1) is 0 Å². The van der Waals surface area contributed by atoms with Crippen LogP contribution in [0.5, 0.6) is 0 Å². The van der Waals surface area contributed by atoms with Gasteiger partial charge in [0, 0.05) is 18.9 Å². The van der Waals surface area contributed by atoms with Gasteiger partial charge in [-0.05, 0) is 31.9 Å². The normalized spacial score (nSPS) is 12.8. The number of aromatic amines is 1. The second-order valence-electron chi connectivity index (χ2n) is 4.39. The van der Waals surface area contributed by atoms with E-state index in [0.29, 0.717) is 0 Å². The van der Waals surface area contributed by atoms with Crippen molar-refractivity contribution in [3.63, 3.8) is 0 Å². The molecule has 0 aromatic carbocycles. The van der Waals surface area contributed by atoms with Crippen molar-refractivity contribution in [2.75, 3.05) is 6.54 Å². The van der Waals surface area contributed by atoms with E-state index in [1.54, 1.807) is 6.20 Å². The molecule has 98 valence electrons. The molecule has 0 spiro atoms. The molecule has 6 heteroatoms. The van der Waals surface area contributed by atoms with E-state index in [9.17, 15) is 0 Å². The Morgan fingerprint density at radius 2 is 2.39 bits per heavy atom. The quantitative estimate of drug-likeness (QED) is 0.772. The molecule has 2 N–H and O–H groups in total. The molecule has 2 aromatic heterocycles. The van der Waals surface area contributed by atoms with E-state index >= 15 is 0 Å². The van der Waals surface area contributed by atoms with Crippen LogP contribution in [0.3, 0.4) is 0 Å². The van der Waals surface area contributed by atoms with Gasteiger partial charge >= 0.3 is 0 Å². The standard InChI is InChI=1S/C12H20N6/c1-3-7-13-11(12-9-14-17-16-12)5-4-10-6-8-15-18(10)2/h6,8-9,11,13H,3-5,7H2,1-2H3,(H,14,16,17). The molecule has 0 fully saturated rings. The number of H-pyrrole nitrogens is 1. The van der Waals surface area contributed by atoms with Crippen molar-refractivity contribution < 1.29 is 0 Å². The predicted molar refractivity (Wildman–Crippen MR) is 68.9 cm³/mol. The van der Waals surface area contributed by atoms with E-state index in [-0.39, 0.29) is 6.04 Å². The first-order chi connectivity index (χ1) is 8.81. The largest absolute Gasteiger partial charge is 0.309 e. The highest BCUT2D eigenvalue weighted by Crippen LogP contribution is 2.16. The lowest BCUT2D eigenvalue weighted by atomic mass is 10.1. The Labute approximate surface area is 107 Å². The summed E-state index contributed by atoms with van der Waals surface area (Å²) in [5, 5.41) is 18.4. The second kappa shape index (κ2) is 6.30. The van der Waals surface area contributed by atoms with E-state index in [4.69, 9.17) is 0 Å². The van der Waals surface area contributed by atoms with Crippen LogP contribution in [-0.4, -0.2) is 31.7 Å². The zero-order valence-corrected chi connectivity index (χ0v) is 10.9. The van der Waals surface area contributed by atoms with E-state index in [1.807, 2.05) is 17.9 Å². The first-order valence-corrected chi connectivity index (χ1v) is 6.37. The molecule has 1 atom stereocenters. The highest BCUT2D eigenvalue weighted by molar-refractivity contribution is 5.04. The third-order valence-electron chi connectivity index (χ3n) is 3.04. The van der Waals surface area contributed by atoms with Gasteiger partial charge in [-0.3, -0.25) is 4.68 Å². The van der Waals surface area contributed by atoms with Crippen molar-refractivity contribution in [3.05, 3.63) is 29.8 Å². The summed E-state index contributed by atoms with van der Waals surface area (Å²) in [5.41, 5.74) is 2.22. The molecule has 2 heterocycles. The van der Waals surface area contributed by atoms with Gasteiger partial charge in [0.25, 0.3) is 0 Å². The topological polar surface area (TPSA) is 71.4 Å². The molecule has 18 heavy (non-hydrogen) atoms. The zero-order chi connectivity index (χ0) is 12.8. The summed E-state index contributed by atoms with van der Waals surface area (Å²) < 4.78 is 1.92. The SMILES string of the molecule is CCCNC(CCc1ccnn1C)c1cn[nH]n1. The molecule has 0 aliphatic carbocycles. The van der Waals surface area contributed by atoms with Gasteiger partial charge in [0.05, 0.1) is 17.9 Å². The van der Waals surface area contributed by atoms with Crippen LogP contribution in [0.25, 0.3) is 0 Å². The Morgan fingerprint density at radius 1 is 1.50 bits per heavy atom. The number of nitrogens with one attached hydrogen (secondary N) is 2. The molecule has 0 aliphatic rings. The van der Waals surface area contributed by atoms with Crippen LogP contribution >= 0.6 is 0 Å². The highest BCUT2D eigenvalue weighted by atomic mass is 15.3. The molecule has 0 aliphatic heterocycles. The van der Waals surface area contributed by atoms with Crippen molar-refractivity contribution in [1.29, 1.82) is 0 Å². The molecule has 0 saturated carbocycles. The van der Waals surface area contributed by atoms with Crippen LogP contribution in [0.1, 0.15) is 37.2 Å². The molecule has 0 radical (unpaired) electrons. The van der Waals surface area contributed by atoms with E-state index in [0.717, 1.165) is 31.5 Å². The van der Waals surface area contributed by atoms with Crippen LogP contribution in [0.2, 0.25) is 0 Å². The van der Waals surface area contributed by atoms with Crippen molar-refractivity contribution in [2.24, 2.45) is 7.05 Å². The smallest absolute Gasteiger partial charge is 0.0993 e. The van der Waals surface area contributed by atoms with E-state index < -0.39 is 0 Å². The van der Waals surface area contributed by atoms with Gasteiger partial charge in [0.15, 0.2) is 0 Å². The van der Waals surface area contributed by atoms with Gasteiger partial charge in [0.2, 0.25) is 0 Å². The Bertz CT molecular complexity index is 447. The molecule has 0 bridgehead atoms. The average molecular weight is 248 g/mol. The monoisotopic (exact) mass is 248 g/mol. The van der Waals surface area contributed by atoms with Crippen LogP contribution in [0.4, 0.5) is 0 Å². The third kappa shape index (κ3) is 3.16. The zero-order valence-electron chi connectivity index (χ0n) is 10.9. The van der Waals surface area contributed by atoms with Gasteiger partial charge in [-0.2, -0.15) is 20.5 Å². The van der Waals surface area contributed by atoms with Crippen LogP contribution in [-0.2, 0) is 13.5 Å². The minimum atomic E-state index is 0.249. The molecule has 0 saturated heterocycles. The maximum absolute atomic E-state index is 4.18. The van der Waals surface area contributed by atoms with Gasteiger partial charge < -0.3 is 5.32 Å². The number of nitrogens with zero attached hydrogens (tertiary/aromatic N) is 4. The summed E-state index contributed by atoms with van der Waals surface area (Å²) in [4.78, 5) is 0. The molecule has 1 unspecified atom stereocenters. The second-order valence-corrected chi connectivity index (χ2v) is 4.39. The summed E-state index contributed by atoms with van der Waals surface area (Å²) in [7, 11) is 1.97. The van der Waals surface area contributed by atoms with E-state index in [1.165, 1.54) is 5.69 Å². The summed E-state index contributed by atoms with van der Waals surface area (Å²) >= 11 is 0. The fraction of sp³-hybridized carbons (Fsp3) is 0.583. The minimum absolute atomic E-state index is 0.249. The fourth-order valence-electron chi connectivity index (χ4n) is 1.99. The van der Waals surface area contributed by atoms with E-state index in [2.05, 4.69) is 38.8 Å². The lowest BCUT2D eigenvalue weighted by molar-refractivity contribution is 0.481. The molecule has 6 nitrogen and oxygen atoms in total. The lowest BCUT2D eigenvalue weighted by Gasteiger charge is -2.15. The van der Waals surface area contributed by atoms with Crippen molar-refractivity contribution in [2.45, 2.75) is 32.2 Å². The minimum Gasteiger partial charge on any atom is -0.309 e. The van der Waals surface area contributed by atoms with Gasteiger partial charge in [0.1, 0.15) is 0 Å². The van der Waals surface area contributed by atoms with Crippen LogP contribution < -0.4 is 5.32 Å². The maximum Gasteiger partial charge on any atom is 0.0993 e. The first kappa shape index (κ1) is 12.8. The average Bonchev–Trinajstić information content (AvgIpc) is 3.01. The van der Waals surface area contributed by atoms with Crippen LogP contribution in [0.15, 0.2) is 18.5 Å². The van der Waals surface area contributed by atoms with Gasteiger partial charge in [-0.1, -0.05) is 6.92 Å². The van der Waals surface area contributed by atoms with Crippen molar-refractivity contribution in [1.82, 2.24) is 30.5 Å². The van der Waals surface area contributed by atoms with Crippen molar-refractivity contribution >= 4 is 0 Å². The number of aryl methyl sites for hydroxylation is 2. The predicted octanol–water partition coefficient (Wildman–Crippen LogP) is 1.21. The summed E-state index contributed by atoms with van der Waals surface area (Å²) in [6.07, 6.45) is 6.70. The Morgan fingerprint density at radius 3 is 3.00 bits per heavy atom. The molecular weight excluding hydrogens is 228 g/mol. The fourth-order valence-corrected chi connectivity index (χ4v) is 1.99. The Kier molecular flexibility index (Phi) is 4.46. The third-order valence-corrected chi connectivity index (χ3v) is 3.04. The highest BCUT2D eigenvalue weighted by Gasteiger charge is 2.14. The Balaban J connectivity index is 1.95. The molecule has 0 amide bonds. The summed E-state index contributed by atoms with van der Waals surface area (Å²) in [6.45, 7) is 3.15. The number of hydrogen-bond acceptors (Lipinski definition) is 4. The number of rotatable bonds is 7. The van der Waals surface area contributed by atoms with Crippen molar-refractivity contribution in [3.8, 4) is 0 Å². The molecular formula is C12H20N6. The van der Waals surface area contributed by atoms with Gasteiger partial charge in [-0.15, -0.1) is 0 Å². The summed E-state index contributed by atoms with van der Waals surface area (Å²) in [6, 6.07) is 2.30.